The molecule has 0 N–H and O–H groups in total. The second kappa shape index (κ2) is 6.00. The standard InChI is InChI=1S/C17H14BrNOS/c1-11-16(14-8-3-4-9-15(14)18)19-17(21-11)12-6-5-7-13(10-12)20-2/h3-10H,1-2H3. The number of thiazole rings is 1. The molecule has 3 aromatic rings. The van der Waals surface area contributed by atoms with Gasteiger partial charge in [0.15, 0.2) is 0 Å². The molecular weight excluding hydrogens is 346 g/mol. The number of hydrogen-bond acceptors (Lipinski definition) is 3. The van der Waals surface area contributed by atoms with Crippen LogP contribution in [-0.4, -0.2) is 12.1 Å². The molecule has 0 bridgehead atoms. The Balaban J connectivity index is 2.07. The van der Waals surface area contributed by atoms with Crippen molar-refractivity contribution in [2.75, 3.05) is 7.11 Å². The molecule has 0 atom stereocenters. The number of methoxy groups -OCH3 is 1. The Morgan fingerprint density at radius 3 is 2.67 bits per heavy atom. The lowest BCUT2D eigenvalue weighted by molar-refractivity contribution is 0.415. The van der Waals surface area contributed by atoms with Gasteiger partial charge in [-0.3, -0.25) is 0 Å². The van der Waals surface area contributed by atoms with Gasteiger partial charge in [-0.05, 0) is 25.1 Å². The van der Waals surface area contributed by atoms with E-state index in [0.29, 0.717) is 0 Å². The third kappa shape index (κ3) is 2.87. The molecule has 4 heteroatoms. The summed E-state index contributed by atoms with van der Waals surface area (Å²) in [5.74, 6) is 0.850. The van der Waals surface area contributed by atoms with E-state index < -0.39 is 0 Å². The van der Waals surface area contributed by atoms with E-state index in [-0.39, 0.29) is 0 Å². The number of benzene rings is 2. The van der Waals surface area contributed by atoms with Crippen LogP contribution in [0.4, 0.5) is 0 Å². The normalized spacial score (nSPS) is 10.6. The van der Waals surface area contributed by atoms with Crippen LogP contribution >= 0.6 is 27.3 Å². The van der Waals surface area contributed by atoms with Crippen molar-refractivity contribution in [1.82, 2.24) is 4.98 Å². The van der Waals surface area contributed by atoms with Crippen LogP contribution in [-0.2, 0) is 0 Å². The SMILES string of the molecule is COc1cccc(-c2nc(-c3ccccc3Br)c(C)s2)c1. The summed E-state index contributed by atoms with van der Waals surface area (Å²) in [6, 6.07) is 16.2. The molecule has 1 aromatic heterocycles. The van der Waals surface area contributed by atoms with Gasteiger partial charge in [0.1, 0.15) is 10.8 Å². The highest BCUT2D eigenvalue weighted by molar-refractivity contribution is 9.10. The van der Waals surface area contributed by atoms with Gasteiger partial charge in [-0.2, -0.15) is 0 Å². The molecule has 0 aliphatic rings. The average Bonchev–Trinajstić information content (AvgIpc) is 2.90. The third-order valence-electron chi connectivity index (χ3n) is 3.24. The zero-order valence-corrected chi connectivity index (χ0v) is 14.2. The van der Waals surface area contributed by atoms with Gasteiger partial charge in [0.2, 0.25) is 0 Å². The molecule has 0 radical (unpaired) electrons. The minimum atomic E-state index is 0.850. The van der Waals surface area contributed by atoms with Crippen molar-refractivity contribution in [3.05, 3.63) is 57.9 Å². The van der Waals surface area contributed by atoms with E-state index in [2.05, 4.69) is 35.0 Å². The first kappa shape index (κ1) is 14.3. The summed E-state index contributed by atoms with van der Waals surface area (Å²) in [5.41, 5.74) is 3.24. The molecule has 0 fully saturated rings. The molecule has 0 aliphatic heterocycles. The Hall–Kier alpha value is -1.65. The number of hydrogen-bond donors (Lipinski definition) is 0. The Bertz CT molecular complexity index is 782. The lowest BCUT2D eigenvalue weighted by Crippen LogP contribution is -1.84. The molecule has 0 aliphatic carbocycles. The van der Waals surface area contributed by atoms with Crippen LogP contribution in [0.25, 0.3) is 21.8 Å². The second-order valence-corrected chi connectivity index (χ2v) is 6.69. The van der Waals surface area contributed by atoms with Gasteiger partial charge in [-0.1, -0.05) is 46.3 Å². The van der Waals surface area contributed by atoms with Crippen molar-refractivity contribution < 1.29 is 4.74 Å². The van der Waals surface area contributed by atoms with Gasteiger partial charge in [0.25, 0.3) is 0 Å². The molecule has 2 aromatic carbocycles. The highest BCUT2D eigenvalue weighted by atomic mass is 79.9. The lowest BCUT2D eigenvalue weighted by atomic mass is 10.1. The maximum absolute atomic E-state index is 5.29. The smallest absolute Gasteiger partial charge is 0.124 e. The fourth-order valence-electron chi connectivity index (χ4n) is 2.18. The summed E-state index contributed by atoms with van der Waals surface area (Å²) in [4.78, 5) is 6.03. The molecule has 0 saturated carbocycles. The van der Waals surface area contributed by atoms with Crippen molar-refractivity contribution in [2.24, 2.45) is 0 Å². The Morgan fingerprint density at radius 2 is 1.90 bits per heavy atom. The predicted molar refractivity (Wildman–Crippen MR) is 92.0 cm³/mol. The number of aromatic nitrogens is 1. The molecule has 21 heavy (non-hydrogen) atoms. The lowest BCUT2D eigenvalue weighted by Gasteiger charge is -2.02. The van der Waals surface area contributed by atoms with Crippen LogP contribution in [0.3, 0.4) is 0 Å². The Kier molecular flexibility index (Phi) is 4.08. The van der Waals surface area contributed by atoms with Gasteiger partial charge >= 0.3 is 0 Å². The summed E-state index contributed by atoms with van der Waals surface area (Å²) in [7, 11) is 1.68. The van der Waals surface area contributed by atoms with E-state index in [9.17, 15) is 0 Å². The van der Waals surface area contributed by atoms with Gasteiger partial charge in [0, 0.05) is 20.5 Å². The Morgan fingerprint density at radius 1 is 1.10 bits per heavy atom. The molecule has 0 amide bonds. The third-order valence-corrected chi connectivity index (χ3v) is 4.95. The molecule has 0 unspecified atom stereocenters. The van der Waals surface area contributed by atoms with E-state index in [4.69, 9.17) is 9.72 Å². The molecule has 3 rings (SSSR count). The molecule has 0 saturated heterocycles. The van der Waals surface area contributed by atoms with Crippen molar-refractivity contribution >= 4 is 27.3 Å². The van der Waals surface area contributed by atoms with E-state index in [1.807, 2.05) is 36.4 Å². The van der Waals surface area contributed by atoms with Crippen LogP contribution in [0.1, 0.15) is 4.88 Å². The van der Waals surface area contributed by atoms with E-state index in [0.717, 1.165) is 32.1 Å². The molecule has 2 nitrogen and oxygen atoms in total. The first-order valence-electron chi connectivity index (χ1n) is 6.56. The zero-order chi connectivity index (χ0) is 14.8. The highest BCUT2D eigenvalue weighted by Crippen LogP contribution is 2.36. The molecular formula is C17H14BrNOS. The number of halogens is 1. The summed E-state index contributed by atoms with van der Waals surface area (Å²) in [6.07, 6.45) is 0. The van der Waals surface area contributed by atoms with Gasteiger partial charge in [-0.15, -0.1) is 11.3 Å². The molecule has 1 heterocycles. The van der Waals surface area contributed by atoms with Crippen LogP contribution in [0.15, 0.2) is 53.0 Å². The minimum Gasteiger partial charge on any atom is -0.497 e. The van der Waals surface area contributed by atoms with Crippen molar-refractivity contribution in [1.29, 1.82) is 0 Å². The van der Waals surface area contributed by atoms with Crippen LogP contribution in [0, 0.1) is 6.92 Å². The van der Waals surface area contributed by atoms with E-state index >= 15 is 0 Å². The van der Waals surface area contributed by atoms with Crippen LogP contribution in [0.2, 0.25) is 0 Å². The maximum atomic E-state index is 5.29. The fraction of sp³-hybridized carbons (Fsp3) is 0.118. The van der Waals surface area contributed by atoms with Crippen LogP contribution < -0.4 is 4.74 Å². The fourth-order valence-corrected chi connectivity index (χ4v) is 3.58. The summed E-state index contributed by atoms with van der Waals surface area (Å²) >= 11 is 5.30. The van der Waals surface area contributed by atoms with Crippen LogP contribution in [0.5, 0.6) is 5.75 Å². The first-order chi connectivity index (χ1) is 10.2. The van der Waals surface area contributed by atoms with E-state index in [1.54, 1.807) is 18.4 Å². The number of ether oxygens (including phenoxy) is 1. The highest BCUT2D eigenvalue weighted by Gasteiger charge is 2.13. The van der Waals surface area contributed by atoms with E-state index in [1.165, 1.54) is 4.88 Å². The van der Waals surface area contributed by atoms with Crippen molar-refractivity contribution in [3.8, 4) is 27.6 Å². The average molecular weight is 360 g/mol. The molecule has 106 valence electrons. The van der Waals surface area contributed by atoms with Gasteiger partial charge < -0.3 is 4.74 Å². The topological polar surface area (TPSA) is 22.1 Å². The molecule has 0 spiro atoms. The number of rotatable bonds is 3. The van der Waals surface area contributed by atoms with Crippen molar-refractivity contribution in [2.45, 2.75) is 6.92 Å². The summed E-state index contributed by atoms with van der Waals surface area (Å²) in [5, 5.41) is 1.01. The first-order valence-corrected chi connectivity index (χ1v) is 8.17. The maximum Gasteiger partial charge on any atom is 0.124 e. The second-order valence-electron chi connectivity index (χ2n) is 4.64. The monoisotopic (exact) mass is 359 g/mol. The zero-order valence-electron chi connectivity index (χ0n) is 11.8. The number of nitrogens with zero attached hydrogens (tertiary/aromatic N) is 1. The van der Waals surface area contributed by atoms with Gasteiger partial charge in [0.05, 0.1) is 12.8 Å². The predicted octanol–water partition coefficient (Wildman–Crippen LogP) is 5.56. The minimum absolute atomic E-state index is 0.850. The van der Waals surface area contributed by atoms with Crippen molar-refractivity contribution in [3.63, 3.8) is 0 Å². The largest absolute Gasteiger partial charge is 0.497 e. The van der Waals surface area contributed by atoms with Gasteiger partial charge in [-0.25, -0.2) is 4.98 Å². The number of aryl methyl sites for hydroxylation is 1. The summed E-state index contributed by atoms with van der Waals surface area (Å²) < 4.78 is 6.35. The Labute approximate surface area is 136 Å². The summed E-state index contributed by atoms with van der Waals surface area (Å²) in [6.45, 7) is 2.11. The quantitative estimate of drug-likeness (QED) is 0.610.